The highest BCUT2D eigenvalue weighted by Crippen LogP contribution is 2.31. The molecule has 1 unspecified atom stereocenters. The summed E-state index contributed by atoms with van der Waals surface area (Å²) in [5.41, 5.74) is 5.14. The van der Waals surface area contributed by atoms with Crippen molar-refractivity contribution in [2.75, 3.05) is 33.0 Å². The molecule has 0 aliphatic carbocycles. The minimum absolute atomic E-state index is 0.0660. The largest absolute Gasteiger partial charge is 0.381 e. The Kier molecular flexibility index (Phi) is 3.70. The molecule has 2 saturated heterocycles. The minimum Gasteiger partial charge on any atom is -0.381 e. The Morgan fingerprint density at radius 1 is 1.24 bits per heavy atom. The van der Waals surface area contributed by atoms with E-state index in [9.17, 15) is 4.79 Å². The van der Waals surface area contributed by atoms with E-state index in [1.54, 1.807) is 0 Å². The standard InChI is InChI=1S/C12H22N2O3/c1-11(2-5-17-9-11)14-10(15)12(8-13)3-6-16-7-4-12/h2-9,13H2,1H3,(H,14,15). The molecule has 2 heterocycles. The summed E-state index contributed by atoms with van der Waals surface area (Å²) >= 11 is 0. The number of carbonyl (C=O) groups excluding carboxylic acids is 1. The summed E-state index contributed by atoms with van der Waals surface area (Å²) in [4.78, 5) is 12.4. The second-order valence-corrected chi connectivity index (χ2v) is 5.41. The first-order valence-electron chi connectivity index (χ1n) is 6.28. The van der Waals surface area contributed by atoms with Gasteiger partial charge in [0.05, 0.1) is 17.6 Å². The van der Waals surface area contributed by atoms with Crippen LogP contribution in [0.15, 0.2) is 0 Å². The molecule has 2 aliphatic heterocycles. The summed E-state index contributed by atoms with van der Waals surface area (Å²) in [7, 11) is 0. The van der Waals surface area contributed by atoms with E-state index in [-0.39, 0.29) is 11.4 Å². The van der Waals surface area contributed by atoms with E-state index >= 15 is 0 Å². The van der Waals surface area contributed by atoms with Crippen LogP contribution in [0.25, 0.3) is 0 Å². The molecule has 2 fully saturated rings. The van der Waals surface area contributed by atoms with Gasteiger partial charge in [0.25, 0.3) is 0 Å². The van der Waals surface area contributed by atoms with Gasteiger partial charge < -0.3 is 20.5 Å². The van der Waals surface area contributed by atoms with Crippen LogP contribution in [0.5, 0.6) is 0 Å². The van der Waals surface area contributed by atoms with Crippen molar-refractivity contribution in [2.45, 2.75) is 31.7 Å². The average molecular weight is 242 g/mol. The van der Waals surface area contributed by atoms with Crippen LogP contribution in [0.3, 0.4) is 0 Å². The van der Waals surface area contributed by atoms with Crippen molar-refractivity contribution in [3.63, 3.8) is 0 Å². The number of amides is 1. The molecule has 98 valence electrons. The lowest BCUT2D eigenvalue weighted by Crippen LogP contribution is -2.56. The number of nitrogens with two attached hydrogens (primary N) is 1. The van der Waals surface area contributed by atoms with E-state index in [2.05, 4.69) is 5.32 Å². The molecule has 0 aromatic heterocycles. The van der Waals surface area contributed by atoms with Crippen LogP contribution in [0.4, 0.5) is 0 Å². The fraction of sp³-hybridized carbons (Fsp3) is 0.917. The van der Waals surface area contributed by atoms with E-state index in [0.717, 1.165) is 13.0 Å². The molecule has 0 aromatic carbocycles. The molecule has 17 heavy (non-hydrogen) atoms. The summed E-state index contributed by atoms with van der Waals surface area (Å²) in [6.45, 7) is 4.97. The molecule has 3 N–H and O–H groups in total. The van der Waals surface area contributed by atoms with E-state index in [1.807, 2.05) is 6.92 Å². The number of carbonyl (C=O) groups is 1. The molecule has 0 saturated carbocycles. The van der Waals surface area contributed by atoms with Crippen molar-refractivity contribution in [1.82, 2.24) is 5.32 Å². The normalized spacial score (nSPS) is 32.4. The molecule has 2 aliphatic rings. The summed E-state index contributed by atoms with van der Waals surface area (Å²) in [5.74, 6) is 0.0660. The Hall–Kier alpha value is -0.650. The third-order valence-electron chi connectivity index (χ3n) is 3.96. The summed E-state index contributed by atoms with van der Waals surface area (Å²) < 4.78 is 10.7. The maximum atomic E-state index is 12.4. The second kappa shape index (κ2) is 4.92. The average Bonchev–Trinajstić information content (AvgIpc) is 2.76. The Balaban J connectivity index is 2.01. The molecule has 5 nitrogen and oxygen atoms in total. The first kappa shape index (κ1) is 12.8. The second-order valence-electron chi connectivity index (χ2n) is 5.41. The van der Waals surface area contributed by atoms with Crippen LogP contribution >= 0.6 is 0 Å². The monoisotopic (exact) mass is 242 g/mol. The lowest BCUT2D eigenvalue weighted by molar-refractivity contribution is -0.137. The number of hydrogen-bond donors (Lipinski definition) is 2. The van der Waals surface area contributed by atoms with Gasteiger partial charge >= 0.3 is 0 Å². The molecule has 1 atom stereocenters. The summed E-state index contributed by atoms with van der Waals surface area (Å²) in [6.07, 6.45) is 2.30. The van der Waals surface area contributed by atoms with Crippen molar-refractivity contribution < 1.29 is 14.3 Å². The predicted octanol–water partition coefficient (Wildman–Crippen LogP) is 0.0371. The van der Waals surface area contributed by atoms with Gasteiger partial charge in [-0.1, -0.05) is 0 Å². The number of rotatable bonds is 3. The van der Waals surface area contributed by atoms with Gasteiger partial charge in [-0.25, -0.2) is 0 Å². The van der Waals surface area contributed by atoms with Gasteiger partial charge in [0.1, 0.15) is 0 Å². The lowest BCUT2D eigenvalue weighted by Gasteiger charge is -2.37. The van der Waals surface area contributed by atoms with E-state index in [0.29, 0.717) is 39.2 Å². The lowest BCUT2D eigenvalue weighted by atomic mass is 9.78. The van der Waals surface area contributed by atoms with Gasteiger partial charge in [-0.2, -0.15) is 0 Å². The van der Waals surface area contributed by atoms with Gasteiger partial charge in [0.15, 0.2) is 0 Å². The molecule has 5 heteroatoms. The van der Waals surface area contributed by atoms with Crippen molar-refractivity contribution in [3.8, 4) is 0 Å². The third kappa shape index (κ3) is 2.61. The summed E-state index contributed by atoms with van der Waals surface area (Å²) in [6, 6.07) is 0. The molecule has 0 radical (unpaired) electrons. The van der Waals surface area contributed by atoms with E-state index < -0.39 is 5.41 Å². The Morgan fingerprint density at radius 2 is 1.88 bits per heavy atom. The van der Waals surface area contributed by atoms with Crippen LogP contribution in [0.2, 0.25) is 0 Å². The molecular weight excluding hydrogens is 220 g/mol. The van der Waals surface area contributed by atoms with Gasteiger partial charge in [0, 0.05) is 26.4 Å². The van der Waals surface area contributed by atoms with Crippen LogP contribution in [-0.2, 0) is 14.3 Å². The van der Waals surface area contributed by atoms with Crippen molar-refractivity contribution in [3.05, 3.63) is 0 Å². The maximum absolute atomic E-state index is 12.4. The number of ether oxygens (including phenoxy) is 2. The molecule has 1 amide bonds. The fourth-order valence-corrected chi connectivity index (χ4v) is 2.46. The SMILES string of the molecule is CC1(NC(=O)C2(CN)CCOCC2)CCOC1. The topological polar surface area (TPSA) is 73.6 Å². The Labute approximate surface area is 102 Å². The van der Waals surface area contributed by atoms with Crippen LogP contribution < -0.4 is 11.1 Å². The van der Waals surface area contributed by atoms with Crippen LogP contribution in [0.1, 0.15) is 26.2 Å². The summed E-state index contributed by atoms with van der Waals surface area (Å²) in [5, 5.41) is 3.12. The van der Waals surface area contributed by atoms with Gasteiger partial charge in [-0.15, -0.1) is 0 Å². The molecule has 0 bridgehead atoms. The van der Waals surface area contributed by atoms with Gasteiger partial charge in [-0.3, -0.25) is 4.79 Å². The number of nitrogens with one attached hydrogen (secondary N) is 1. The highest BCUT2D eigenvalue weighted by molar-refractivity contribution is 5.83. The van der Waals surface area contributed by atoms with Crippen LogP contribution in [-0.4, -0.2) is 44.4 Å². The zero-order valence-corrected chi connectivity index (χ0v) is 10.5. The maximum Gasteiger partial charge on any atom is 0.228 e. The van der Waals surface area contributed by atoms with E-state index in [4.69, 9.17) is 15.2 Å². The molecule has 2 rings (SSSR count). The first-order chi connectivity index (χ1) is 8.10. The first-order valence-corrected chi connectivity index (χ1v) is 6.28. The number of hydrogen-bond acceptors (Lipinski definition) is 4. The Morgan fingerprint density at radius 3 is 2.41 bits per heavy atom. The zero-order valence-electron chi connectivity index (χ0n) is 10.5. The minimum atomic E-state index is -0.441. The smallest absolute Gasteiger partial charge is 0.228 e. The van der Waals surface area contributed by atoms with E-state index in [1.165, 1.54) is 0 Å². The van der Waals surface area contributed by atoms with Crippen molar-refractivity contribution >= 4 is 5.91 Å². The van der Waals surface area contributed by atoms with Gasteiger partial charge in [0.2, 0.25) is 5.91 Å². The highest BCUT2D eigenvalue weighted by atomic mass is 16.5. The quantitative estimate of drug-likeness (QED) is 0.732. The molecule has 0 spiro atoms. The predicted molar refractivity (Wildman–Crippen MR) is 63.5 cm³/mol. The van der Waals surface area contributed by atoms with Crippen molar-refractivity contribution in [1.29, 1.82) is 0 Å². The Bertz CT molecular complexity index is 281. The third-order valence-corrected chi connectivity index (χ3v) is 3.96. The highest BCUT2D eigenvalue weighted by Gasteiger charge is 2.42. The molecule has 0 aromatic rings. The van der Waals surface area contributed by atoms with Crippen molar-refractivity contribution in [2.24, 2.45) is 11.1 Å². The fourth-order valence-electron chi connectivity index (χ4n) is 2.46. The molecular formula is C12H22N2O3. The zero-order chi connectivity index (χ0) is 12.4. The van der Waals surface area contributed by atoms with Crippen LogP contribution in [0, 0.1) is 5.41 Å². The van der Waals surface area contributed by atoms with Gasteiger partial charge in [-0.05, 0) is 26.2 Å².